The average Bonchev–Trinajstić information content (AvgIpc) is 2.37. The second-order valence-electron chi connectivity index (χ2n) is 4.42. The SMILES string of the molecule is COC(=O)c1ccc(OC)c(OC(C)(C)CN)c1. The number of methoxy groups -OCH3 is 2. The number of carbonyl (C=O) groups excluding carboxylic acids is 1. The molecule has 0 radical (unpaired) electrons. The van der Waals surface area contributed by atoms with Crippen molar-refractivity contribution in [1.29, 1.82) is 0 Å². The van der Waals surface area contributed by atoms with Crippen LogP contribution in [0.3, 0.4) is 0 Å². The third-order valence-electron chi connectivity index (χ3n) is 2.46. The zero-order valence-corrected chi connectivity index (χ0v) is 11.1. The Morgan fingerprint density at radius 3 is 2.44 bits per heavy atom. The van der Waals surface area contributed by atoms with Gasteiger partial charge in [-0.3, -0.25) is 0 Å². The van der Waals surface area contributed by atoms with Crippen molar-refractivity contribution in [2.45, 2.75) is 19.4 Å². The van der Waals surface area contributed by atoms with Gasteiger partial charge < -0.3 is 19.9 Å². The Bertz CT molecular complexity index is 429. The molecule has 0 unspecified atom stereocenters. The van der Waals surface area contributed by atoms with E-state index < -0.39 is 11.6 Å². The number of carbonyl (C=O) groups is 1. The van der Waals surface area contributed by atoms with E-state index in [-0.39, 0.29) is 0 Å². The van der Waals surface area contributed by atoms with Crippen molar-refractivity contribution in [3.8, 4) is 11.5 Å². The van der Waals surface area contributed by atoms with Crippen LogP contribution in [-0.2, 0) is 4.74 Å². The van der Waals surface area contributed by atoms with Crippen LogP contribution in [0.25, 0.3) is 0 Å². The maximum Gasteiger partial charge on any atom is 0.337 e. The lowest BCUT2D eigenvalue weighted by molar-refractivity contribution is 0.0598. The second kappa shape index (κ2) is 5.73. The molecule has 0 fully saturated rings. The van der Waals surface area contributed by atoms with E-state index >= 15 is 0 Å². The maximum absolute atomic E-state index is 11.5. The van der Waals surface area contributed by atoms with E-state index in [1.54, 1.807) is 18.2 Å². The quantitative estimate of drug-likeness (QED) is 0.807. The summed E-state index contributed by atoms with van der Waals surface area (Å²) in [6.45, 7) is 4.06. The van der Waals surface area contributed by atoms with Crippen molar-refractivity contribution in [3.63, 3.8) is 0 Å². The minimum atomic E-state index is -0.540. The van der Waals surface area contributed by atoms with Gasteiger partial charge in [0.2, 0.25) is 0 Å². The fourth-order valence-corrected chi connectivity index (χ4v) is 1.34. The van der Waals surface area contributed by atoms with Crippen LogP contribution in [0.15, 0.2) is 18.2 Å². The van der Waals surface area contributed by atoms with E-state index in [9.17, 15) is 4.79 Å². The molecule has 1 rings (SSSR count). The molecule has 18 heavy (non-hydrogen) atoms. The van der Waals surface area contributed by atoms with Gasteiger partial charge in [0, 0.05) is 6.54 Å². The van der Waals surface area contributed by atoms with Gasteiger partial charge in [0.1, 0.15) is 5.60 Å². The van der Waals surface area contributed by atoms with Crippen LogP contribution in [-0.4, -0.2) is 32.3 Å². The van der Waals surface area contributed by atoms with Crippen molar-refractivity contribution < 1.29 is 19.0 Å². The first-order valence-electron chi connectivity index (χ1n) is 5.59. The molecule has 1 aromatic rings. The summed E-state index contributed by atoms with van der Waals surface area (Å²) in [5.41, 5.74) is 5.48. The number of rotatable bonds is 5. The van der Waals surface area contributed by atoms with Gasteiger partial charge in [-0.1, -0.05) is 0 Å². The predicted molar refractivity (Wildman–Crippen MR) is 68.1 cm³/mol. The number of esters is 1. The fraction of sp³-hybridized carbons (Fsp3) is 0.462. The summed E-state index contributed by atoms with van der Waals surface area (Å²) >= 11 is 0. The van der Waals surface area contributed by atoms with Gasteiger partial charge in [0.15, 0.2) is 11.5 Å². The van der Waals surface area contributed by atoms with Gasteiger partial charge in [-0.25, -0.2) is 4.79 Å². The molecule has 0 saturated carbocycles. The van der Waals surface area contributed by atoms with E-state index in [0.29, 0.717) is 23.6 Å². The molecular weight excluding hydrogens is 234 g/mol. The lowest BCUT2D eigenvalue weighted by Crippen LogP contribution is -2.37. The largest absolute Gasteiger partial charge is 0.493 e. The first-order chi connectivity index (χ1) is 8.43. The molecule has 0 aliphatic rings. The lowest BCUT2D eigenvalue weighted by atomic mass is 10.1. The smallest absolute Gasteiger partial charge is 0.337 e. The summed E-state index contributed by atoms with van der Waals surface area (Å²) in [6.07, 6.45) is 0. The van der Waals surface area contributed by atoms with Gasteiger partial charge in [0.05, 0.1) is 19.8 Å². The van der Waals surface area contributed by atoms with Crippen molar-refractivity contribution in [1.82, 2.24) is 0 Å². The number of hydrogen-bond acceptors (Lipinski definition) is 5. The van der Waals surface area contributed by atoms with Crippen LogP contribution in [0.4, 0.5) is 0 Å². The van der Waals surface area contributed by atoms with Crippen molar-refractivity contribution >= 4 is 5.97 Å². The molecule has 0 aromatic heterocycles. The van der Waals surface area contributed by atoms with E-state index in [1.165, 1.54) is 14.2 Å². The van der Waals surface area contributed by atoms with Crippen LogP contribution < -0.4 is 15.2 Å². The van der Waals surface area contributed by atoms with Crippen LogP contribution in [0.2, 0.25) is 0 Å². The Morgan fingerprint density at radius 1 is 1.28 bits per heavy atom. The highest BCUT2D eigenvalue weighted by molar-refractivity contribution is 5.90. The zero-order chi connectivity index (χ0) is 13.8. The lowest BCUT2D eigenvalue weighted by Gasteiger charge is -2.25. The molecule has 5 nitrogen and oxygen atoms in total. The zero-order valence-electron chi connectivity index (χ0n) is 11.1. The second-order valence-corrected chi connectivity index (χ2v) is 4.42. The molecule has 0 aliphatic heterocycles. The minimum absolute atomic E-state index is 0.346. The molecule has 0 amide bonds. The molecule has 5 heteroatoms. The summed E-state index contributed by atoms with van der Waals surface area (Å²) in [5, 5.41) is 0. The Labute approximate surface area is 107 Å². The molecule has 0 heterocycles. The monoisotopic (exact) mass is 253 g/mol. The maximum atomic E-state index is 11.5. The van der Waals surface area contributed by atoms with Gasteiger partial charge in [0.25, 0.3) is 0 Å². The average molecular weight is 253 g/mol. The van der Waals surface area contributed by atoms with Gasteiger partial charge in [-0.05, 0) is 32.0 Å². The van der Waals surface area contributed by atoms with E-state index in [4.69, 9.17) is 15.2 Å². The molecule has 1 aromatic carbocycles. The predicted octanol–water partition coefficient (Wildman–Crippen LogP) is 1.60. The third kappa shape index (κ3) is 3.37. The fourth-order valence-electron chi connectivity index (χ4n) is 1.34. The Hall–Kier alpha value is -1.75. The standard InChI is InChI=1S/C13H19NO4/c1-13(2,8-14)18-11-7-9(12(15)17-4)5-6-10(11)16-3/h5-7H,8,14H2,1-4H3. The summed E-state index contributed by atoms with van der Waals surface area (Å²) in [6, 6.07) is 4.86. The number of hydrogen-bond donors (Lipinski definition) is 1. The van der Waals surface area contributed by atoms with E-state index in [0.717, 1.165) is 0 Å². The van der Waals surface area contributed by atoms with E-state index in [2.05, 4.69) is 4.74 Å². The molecule has 100 valence electrons. The van der Waals surface area contributed by atoms with Crippen LogP contribution >= 0.6 is 0 Å². The molecular formula is C13H19NO4. The Morgan fingerprint density at radius 2 is 1.94 bits per heavy atom. The first-order valence-corrected chi connectivity index (χ1v) is 5.59. The molecule has 0 bridgehead atoms. The minimum Gasteiger partial charge on any atom is -0.493 e. The summed E-state index contributed by atoms with van der Waals surface area (Å²) in [5.74, 6) is 0.591. The highest BCUT2D eigenvalue weighted by Gasteiger charge is 2.21. The molecule has 2 N–H and O–H groups in total. The van der Waals surface area contributed by atoms with Gasteiger partial charge in [-0.15, -0.1) is 0 Å². The molecule has 0 aliphatic carbocycles. The number of ether oxygens (including phenoxy) is 3. The molecule has 0 spiro atoms. The topological polar surface area (TPSA) is 70.8 Å². The molecule has 0 atom stereocenters. The Balaban J connectivity index is 3.10. The molecule has 0 saturated heterocycles. The number of benzene rings is 1. The van der Waals surface area contributed by atoms with Crippen molar-refractivity contribution in [2.24, 2.45) is 5.73 Å². The summed E-state index contributed by atoms with van der Waals surface area (Å²) in [7, 11) is 2.87. The van der Waals surface area contributed by atoms with Crippen molar-refractivity contribution in [2.75, 3.05) is 20.8 Å². The van der Waals surface area contributed by atoms with Gasteiger partial charge in [-0.2, -0.15) is 0 Å². The third-order valence-corrected chi connectivity index (χ3v) is 2.46. The van der Waals surface area contributed by atoms with Gasteiger partial charge >= 0.3 is 5.97 Å². The highest BCUT2D eigenvalue weighted by Crippen LogP contribution is 2.31. The van der Waals surface area contributed by atoms with Crippen molar-refractivity contribution in [3.05, 3.63) is 23.8 Å². The first kappa shape index (κ1) is 14.3. The van der Waals surface area contributed by atoms with Crippen LogP contribution in [0, 0.1) is 0 Å². The van der Waals surface area contributed by atoms with Crippen LogP contribution in [0.1, 0.15) is 24.2 Å². The highest BCUT2D eigenvalue weighted by atomic mass is 16.5. The summed E-state index contributed by atoms with van der Waals surface area (Å²) in [4.78, 5) is 11.5. The normalized spacial score (nSPS) is 10.9. The Kier molecular flexibility index (Phi) is 4.55. The summed E-state index contributed by atoms with van der Waals surface area (Å²) < 4.78 is 15.6. The van der Waals surface area contributed by atoms with E-state index in [1.807, 2.05) is 13.8 Å². The van der Waals surface area contributed by atoms with Crippen LogP contribution in [0.5, 0.6) is 11.5 Å². The number of nitrogens with two attached hydrogens (primary N) is 1.